The predicted octanol–water partition coefficient (Wildman–Crippen LogP) is 1.93. The molecule has 0 atom stereocenters. The number of nitrogens with one attached hydrogen (secondary N) is 1. The molecule has 1 aromatic heterocycles. The Morgan fingerprint density at radius 3 is 2.93 bits per heavy atom. The highest BCUT2D eigenvalue weighted by Gasteiger charge is 2.09. The Kier molecular flexibility index (Phi) is 2.33. The first-order valence-corrected chi connectivity index (χ1v) is 4.84. The number of aryl methyl sites for hydroxylation is 1. The number of aromatic amines is 1. The van der Waals surface area contributed by atoms with E-state index in [2.05, 4.69) is 9.97 Å². The van der Waals surface area contributed by atoms with Crippen LogP contribution in [0.15, 0.2) is 24.3 Å². The summed E-state index contributed by atoms with van der Waals surface area (Å²) in [5, 5.41) is 9.38. The first kappa shape index (κ1) is 9.58. The number of hydrogen-bond acceptors (Lipinski definition) is 3. The summed E-state index contributed by atoms with van der Waals surface area (Å²) in [6, 6.07) is 6.99. The third-order valence-corrected chi connectivity index (χ3v) is 2.27. The van der Waals surface area contributed by atoms with Gasteiger partial charge in [-0.3, -0.25) is 0 Å². The van der Waals surface area contributed by atoms with Crippen molar-refractivity contribution in [2.24, 2.45) is 0 Å². The number of rotatable bonds is 2. The number of nitrogens with zero attached hydrogens (tertiary/aromatic N) is 1. The topological polar surface area (TPSA) is 74.9 Å². The van der Waals surface area contributed by atoms with Crippen LogP contribution in [0.1, 0.15) is 12.6 Å². The summed E-state index contributed by atoms with van der Waals surface area (Å²) in [7, 11) is 0. The van der Waals surface area contributed by atoms with Crippen molar-refractivity contribution in [1.29, 1.82) is 0 Å². The van der Waals surface area contributed by atoms with Crippen LogP contribution in [0, 0.1) is 0 Å². The van der Waals surface area contributed by atoms with E-state index in [4.69, 9.17) is 5.73 Å². The highest BCUT2D eigenvalue weighted by Crippen LogP contribution is 2.25. The van der Waals surface area contributed by atoms with Gasteiger partial charge >= 0.3 is 0 Å². The standard InChI is InChI=1S/C11H13N3O/c1-2-9-10(14-11(12)13-9)7-4-3-5-8(15)6-7/h3-6,15H,2H2,1H3,(H3,12,13,14). The van der Waals surface area contributed by atoms with Gasteiger partial charge in [0.25, 0.3) is 0 Å². The summed E-state index contributed by atoms with van der Waals surface area (Å²) >= 11 is 0. The number of benzene rings is 1. The van der Waals surface area contributed by atoms with E-state index in [1.807, 2.05) is 13.0 Å². The van der Waals surface area contributed by atoms with Gasteiger partial charge in [0.15, 0.2) is 5.95 Å². The van der Waals surface area contributed by atoms with E-state index in [-0.39, 0.29) is 5.75 Å². The van der Waals surface area contributed by atoms with Crippen molar-refractivity contribution in [1.82, 2.24) is 9.97 Å². The Morgan fingerprint density at radius 1 is 1.47 bits per heavy atom. The van der Waals surface area contributed by atoms with Crippen molar-refractivity contribution in [3.05, 3.63) is 30.0 Å². The Labute approximate surface area is 87.8 Å². The second-order valence-electron chi connectivity index (χ2n) is 3.35. The number of nitrogens with two attached hydrogens (primary N) is 1. The van der Waals surface area contributed by atoms with Crippen LogP contribution < -0.4 is 5.73 Å². The maximum absolute atomic E-state index is 9.38. The van der Waals surface area contributed by atoms with Gasteiger partial charge in [-0.2, -0.15) is 0 Å². The van der Waals surface area contributed by atoms with E-state index in [1.54, 1.807) is 18.2 Å². The number of H-pyrrole nitrogens is 1. The molecule has 0 amide bonds. The first-order valence-electron chi connectivity index (χ1n) is 4.84. The molecule has 0 bridgehead atoms. The number of phenols is 1. The number of aromatic nitrogens is 2. The van der Waals surface area contributed by atoms with Crippen LogP contribution in [0.2, 0.25) is 0 Å². The third-order valence-electron chi connectivity index (χ3n) is 2.27. The second kappa shape index (κ2) is 3.65. The summed E-state index contributed by atoms with van der Waals surface area (Å²) in [4.78, 5) is 7.20. The van der Waals surface area contributed by atoms with Gasteiger partial charge in [0.2, 0.25) is 0 Å². The summed E-state index contributed by atoms with van der Waals surface area (Å²) < 4.78 is 0. The molecule has 0 spiro atoms. The minimum atomic E-state index is 0.233. The lowest BCUT2D eigenvalue weighted by molar-refractivity contribution is 0.475. The first-order chi connectivity index (χ1) is 7.20. The molecule has 78 valence electrons. The molecule has 0 saturated carbocycles. The van der Waals surface area contributed by atoms with Crippen molar-refractivity contribution in [2.45, 2.75) is 13.3 Å². The second-order valence-corrected chi connectivity index (χ2v) is 3.35. The quantitative estimate of drug-likeness (QED) is 0.698. The van der Waals surface area contributed by atoms with Crippen molar-refractivity contribution < 1.29 is 5.11 Å². The molecule has 4 N–H and O–H groups in total. The van der Waals surface area contributed by atoms with Crippen LogP contribution in [0.3, 0.4) is 0 Å². The molecular weight excluding hydrogens is 190 g/mol. The summed E-state index contributed by atoms with van der Waals surface area (Å²) in [5.74, 6) is 0.640. The Bertz CT molecular complexity index is 476. The fourth-order valence-electron chi connectivity index (χ4n) is 1.58. The van der Waals surface area contributed by atoms with Gasteiger partial charge in [0, 0.05) is 11.3 Å². The Morgan fingerprint density at radius 2 is 2.27 bits per heavy atom. The fraction of sp³-hybridized carbons (Fsp3) is 0.182. The SMILES string of the molecule is CCc1[nH]c(N)nc1-c1cccc(O)c1. The van der Waals surface area contributed by atoms with Crippen LogP contribution in [-0.2, 0) is 6.42 Å². The van der Waals surface area contributed by atoms with Crippen molar-refractivity contribution >= 4 is 5.95 Å². The molecule has 0 aliphatic heterocycles. The number of aromatic hydroxyl groups is 1. The molecule has 0 saturated heterocycles. The molecule has 2 aromatic rings. The molecular formula is C11H13N3O. The molecule has 4 heteroatoms. The van der Waals surface area contributed by atoms with Crippen molar-refractivity contribution in [3.63, 3.8) is 0 Å². The van der Waals surface area contributed by atoms with Crippen molar-refractivity contribution in [3.8, 4) is 17.0 Å². The maximum Gasteiger partial charge on any atom is 0.198 e. The summed E-state index contributed by atoms with van der Waals surface area (Å²) in [6.07, 6.45) is 0.829. The predicted molar refractivity (Wildman–Crippen MR) is 59.5 cm³/mol. The lowest BCUT2D eigenvalue weighted by atomic mass is 10.1. The molecule has 0 aliphatic carbocycles. The van der Waals surface area contributed by atoms with E-state index >= 15 is 0 Å². The van der Waals surface area contributed by atoms with Crippen LogP contribution in [-0.4, -0.2) is 15.1 Å². The monoisotopic (exact) mass is 203 g/mol. The summed E-state index contributed by atoms with van der Waals surface area (Å²) in [6.45, 7) is 2.03. The molecule has 2 rings (SSSR count). The Hall–Kier alpha value is -1.97. The summed E-state index contributed by atoms with van der Waals surface area (Å²) in [5.41, 5.74) is 8.27. The van der Waals surface area contributed by atoms with Gasteiger partial charge in [-0.05, 0) is 18.6 Å². The largest absolute Gasteiger partial charge is 0.508 e. The zero-order valence-electron chi connectivity index (χ0n) is 8.49. The molecule has 15 heavy (non-hydrogen) atoms. The van der Waals surface area contributed by atoms with E-state index in [9.17, 15) is 5.11 Å². The van der Waals surface area contributed by atoms with E-state index in [0.29, 0.717) is 5.95 Å². The molecule has 0 aliphatic rings. The smallest absolute Gasteiger partial charge is 0.198 e. The lowest BCUT2D eigenvalue weighted by Gasteiger charge is -2.00. The number of nitrogen functional groups attached to an aromatic ring is 1. The minimum Gasteiger partial charge on any atom is -0.508 e. The van der Waals surface area contributed by atoms with Gasteiger partial charge in [0.1, 0.15) is 5.75 Å². The zero-order chi connectivity index (χ0) is 10.8. The lowest BCUT2D eigenvalue weighted by Crippen LogP contribution is -1.86. The molecule has 1 heterocycles. The Balaban J connectivity index is 2.53. The highest BCUT2D eigenvalue weighted by atomic mass is 16.3. The number of imidazole rings is 1. The van der Waals surface area contributed by atoms with Gasteiger partial charge in [-0.15, -0.1) is 0 Å². The van der Waals surface area contributed by atoms with E-state index in [1.165, 1.54) is 0 Å². The average molecular weight is 203 g/mol. The minimum absolute atomic E-state index is 0.233. The van der Waals surface area contributed by atoms with Gasteiger partial charge < -0.3 is 15.8 Å². The molecule has 4 nitrogen and oxygen atoms in total. The van der Waals surface area contributed by atoms with Gasteiger partial charge in [-0.25, -0.2) is 4.98 Å². The molecule has 0 radical (unpaired) electrons. The molecule has 0 fully saturated rings. The highest BCUT2D eigenvalue weighted by molar-refractivity contribution is 5.65. The third kappa shape index (κ3) is 1.79. The molecule has 1 aromatic carbocycles. The van der Waals surface area contributed by atoms with E-state index < -0.39 is 0 Å². The van der Waals surface area contributed by atoms with Crippen LogP contribution >= 0.6 is 0 Å². The van der Waals surface area contributed by atoms with Crippen LogP contribution in [0.4, 0.5) is 5.95 Å². The van der Waals surface area contributed by atoms with Gasteiger partial charge in [-0.1, -0.05) is 19.1 Å². The average Bonchev–Trinajstić information content (AvgIpc) is 2.59. The van der Waals surface area contributed by atoms with Crippen LogP contribution in [0.5, 0.6) is 5.75 Å². The van der Waals surface area contributed by atoms with E-state index in [0.717, 1.165) is 23.4 Å². The zero-order valence-corrected chi connectivity index (χ0v) is 8.49. The molecule has 0 unspecified atom stereocenters. The fourth-order valence-corrected chi connectivity index (χ4v) is 1.58. The van der Waals surface area contributed by atoms with Crippen molar-refractivity contribution in [2.75, 3.05) is 5.73 Å². The number of hydrogen-bond donors (Lipinski definition) is 3. The van der Waals surface area contributed by atoms with Gasteiger partial charge in [0.05, 0.1) is 5.69 Å². The maximum atomic E-state index is 9.38. The number of phenolic OH excluding ortho intramolecular Hbond substituents is 1. The van der Waals surface area contributed by atoms with Crippen LogP contribution in [0.25, 0.3) is 11.3 Å². The normalized spacial score (nSPS) is 10.5. The number of anilines is 1.